The molecule has 2 fully saturated rings. The number of aliphatic imine (C=N–C) groups is 1. The lowest BCUT2D eigenvalue weighted by molar-refractivity contribution is -0.124. The van der Waals surface area contributed by atoms with Crippen LogP contribution in [0.1, 0.15) is 30.4 Å². The molecule has 50 heavy (non-hydrogen) atoms. The number of hydrogen-bond acceptors (Lipinski definition) is 9. The van der Waals surface area contributed by atoms with Crippen LogP contribution < -0.4 is 16.0 Å². The van der Waals surface area contributed by atoms with Crippen molar-refractivity contribution in [1.82, 2.24) is 30.7 Å². The van der Waals surface area contributed by atoms with E-state index in [0.29, 0.717) is 78.1 Å². The van der Waals surface area contributed by atoms with Crippen LogP contribution in [0.2, 0.25) is 0 Å². The zero-order valence-corrected chi connectivity index (χ0v) is 30.0. The molecular weight excluding hydrogens is 655 g/mol. The Morgan fingerprint density at radius 1 is 0.840 bits per heavy atom. The van der Waals surface area contributed by atoms with E-state index in [-0.39, 0.29) is 29.3 Å². The maximum absolute atomic E-state index is 14.1. The lowest BCUT2D eigenvalue weighted by Crippen LogP contribution is -2.57. The maximum Gasteiger partial charge on any atom is 0.407 e. The summed E-state index contributed by atoms with van der Waals surface area (Å²) in [6.07, 6.45) is 2.54. The second-order valence-electron chi connectivity index (χ2n) is 13.4. The van der Waals surface area contributed by atoms with E-state index in [2.05, 4.69) is 62.1 Å². The van der Waals surface area contributed by atoms with Gasteiger partial charge in [-0.3, -0.25) is 14.7 Å². The summed E-state index contributed by atoms with van der Waals surface area (Å²) >= 11 is 1.58. The summed E-state index contributed by atoms with van der Waals surface area (Å²) in [5.41, 5.74) is 4.01. The van der Waals surface area contributed by atoms with Crippen molar-refractivity contribution in [3.63, 3.8) is 0 Å². The Bertz CT molecular complexity index is 1350. The molecule has 0 spiro atoms. The van der Waals surface area contributed by atoms with Crippen molar-refractivity contribution < 1.29 is 23.9 Å². The Hall–Kier alpha value is -3.65. The lowest BCUT2D eigenvalue weighted by atomic mass is 9.95. The molecule has 4 atom stereocenters. The van der Waals surface area contributed by atoms with Gasteiger partial charge in [-0.1, -0.05) is 60.7 Å². The normalized spacial score (nSPS) is 20.1. The van der Waals surface area contributed by atoms with Gasteiger partial charge in [0.1, 0.15) is 12.6 Å². The molecule has 0 bridgehead atoms. The van der Waals surface area contributed by atoms with Gasteiger partial charge in [0.05, 0.1) is 30.6 Å². The first kappa shape index (κ1) is 37.6. The van der Waals surface area contributed by atoms with E-state index in [0.717, 1.165) is 37.3 Å². The zero-order valence-electron chi connectivity index (χ0n) is 29.2. The number of thioether (sulfide) groups is 1. The minimum absolute atomic E-state index is 0.145. The summed E-state index contributed by atoms with van der Waals surface area (Å²) in [6, 6.07) is 18.9. The summed E-state index contributed by atoms with van der Waals surface area (Å²) < 4.78 is 11.1. The first-order valence-corrected chi connectivity index (χ1v) is 18.8. The van der Waals surface area contributed by atoms with E-state index in [9.17, 15) is 14.4 Å². The standard InChI is InChI=1S/C37H53N7O5S/c1-42-16-18-44(19-17-42)36(46)41-34(14-15-43-20-22-48-23-21-43)35(45)39-31(24-29-8-4-2-5-9-29)12-13-32(25-30-10-6-3-7-11-30)40-37(47)49-27-33-26-38-28-50-33/h2-11,28,31-34H,12-27H2,1H3,(H,39,45)(H,40,47)(H,41,46). The monoisotopic (exact) mass is 707 g/mol. The molecule has 4 amide bonds. The number of piperazine rings is 1. The third-order valence-corrected chi connectivity index (χ3v) is 10.4. The predicted octanol–water partition coefficient (Wildman–Crippen LogP) is 3.02. The van der Waals surface area contributed by atoms with Crippen molar-refractivity contribution in [2.75, 3.05) is 79.2 Å². The largest absolute Gasteiger partial charge is 0.448 e. The number of carbonyl (C=O) groups excluding carboxylic acids is 3. The zero-order chi connectivity index (χ0) is 35.0. The first-order chi connectivity index (χ1) is 24.4. The summed E-state index contributed by atoms with van der Waals surface area (Å²) in [7, 11) is 2.05. The van der Waals surface area contributed by atoms with Gasteiger partial charge in [0, 0.05) is 57.9 Å². The number of likely N-dealkylation sites (N-methyl/N-ethyl adjacent to an activating group) is 1. The van der Waals surface area contributed by atoms with Crippen LogP contribution in [0.5, 0.6) is 0 Å². The van der Waals surface area contributed by atoms with Crippen LogP contribution in [-0.4, -0.2) is 141 Å². The number of benzene rings is 2. The molecule has 2 aromatic carbocycles. The molecule has 12 nitrogen and oxygen atoms in total. The molecule has 5 rings (SSSR count). The SMILES string of the molecule is CN1CCN(C(=O)NC(CCN2CCOCC2)C(=O)NC(CCC(Cc2ccccc2)NC(=O)OCC2CN=CS2)Cc2ccccc2)CC1. The highest BCUT2D eigenvalue weighted by Gasteiger charge is 2.28. The average molecular weight is 708 g/mol. The molecule has 13 heteroatoms. The molecule has 3 N–H and O–H groups in total. The van der Waals surface area contributed by atoms with Gasteiger partial charge in [0.25, 0.3) is 0 Å². The van der Waals surface area contributed by atoms with Crippen molar-refractivity contribution in [3.05, 3.63) is 71.8 Å². The highest BCUT2D eigenvalue weighted by molar-refractivity contribution is 8.12. The van der Waals surface area contributed by atoms with E-state index in [4.69, 9.17) is 9.47 Å². The number of ether oxygens (including phenoxy) is 2. The fraction of sp³-hybridized carbons (Fsp3) is 0.568. The Labute approximate surface area is 300 Å². The molecule has 272 valence electrons. The van der Waals surface area contributed by atoms with E-state index in [1.807, 2.05) is 36.4 Å². The molecule has 3 heterocycles. The fourth-order valence-corrected chi connectivity index (χ4v) is 7.07. The number of alkyl carbamates (subject to hydrolysis) is 1. The summed E-state index contributed by atoms with van der Waals surface area (Å²) in [5, 5.41) is 9.65. The van der Waals surface area contributed by atoms with Gasteiger partial charge in [-0.2, -0.15) is 0 Å². The van der Waals surface area contributed by atoms with Crippen LogP contribution in [-0.2, 0) is 27.1 Å². The Morgan fingerprint density at radius 3 is 2.06 bits per heavy atom. The van der Waals surface area contributed by atoms with Gasteiger partial charge in [-0.15, -0.1) is 11.8 Å². The highest BCUT2D eigenvalue weighted by atomic mass is 32.2. The van der Waals surface area contributed by atoms with Gasteiger partial charge in [0.2, 0.25) is 5.91 Å². The van der Waals surface area contributed by atoms with Crippen LogP contribution in [0.3, 0.4) is 0 Å². The molecule has 3 aliphatic heterocycles. The van der Waals surface area contributed by atoms with E-state index in [1.54, 1.807) is 22.2 Å². The molecule has 0 radical (unpaired) electrons. The van der Waals surface area contributed by atoms with E-state index >= 15 is 0 Å². The van der Waals surface area contributed by atoms with Crippen LogP contribution in [0, 0.1) is 0 Å². The minimum atomic E-state index is -0.686. The second kappa shape index (κ2) is 20.3. The second-order valence-corrected chi connectivity index (χ2v) is 14.5. The van der Waals surface area contributed by atoms with E-state index in [1.165, 1.54) is 0 Å². The van der Waals surface area contributed by atoms with Gasteiger partial charge in [-0.25, -0.2) is 9.59 Å². The number of amides is 4. The van der Waals surface area contributed by atoms with Crippen molar-refractivity contribution in [2.45, 2.75) is 55.5 Å². The van der Waals surface area contributed by atoms with Gasteiger partial charge in [0.15, 0.2) is 0 Å². The number of urea groups is 1. The van der Waals surface area contributed by atoms with Crippen LogP contribution in [0.15, 0.2) is 65.7 Å². The fourth-order valence-electron chi connectivity index (χ4n) is 6.41. The smallest absolute Gasteiger partial charge is 0.407 e. The number of hydrogen-bond donors (Lipinski definition) is 3. The van der Waals surface area contributed by atoms with Gasteiger partial charge >= 0.3 is 12.1 Å². The highest BCUT2D eigenvalue weighted by Crippen LogP contribution is 2.17. The molecule has 2 aromatic rings. The molecule has 0 aliphatic carbocycles. The number of rotatable bonds is 16. The minimum Gasteiger partial charge on any atom is -0.448 e. The van der Waals surface area contributed by atoms with Crippen molar-refractivity contribution in [3.8, 4) is 0 Å². The molecule has 0 aromatic heterocycles. The lowest BCUT2D eigenvalue weighted by Gasteiger charge is -2.34. The predicted molar refractivity (Wildman–Crippen MR) is 198 cm³/mol. The van der Waals surface area contributed by atoms with Crippen LogP contribution >= 0.6 is 11.8 Å². The number of morpholine rings is 1. The molecule has 4 unspecified atom stereocenters. The summed E-state index contributed by atoms with van der Waals surface area (Å²) in [6.45, 7) is 7.45. The Kier molecular flexibility index (Phi) is 15.2. The maximum atomic E-state index is 14.1. The van der Waals surface area contributed by atoms with Gasteiger partial charge in [-0.05, 0) is 50.3 Å². The van der Waals surface area contributed by atoms with Crippen LogP contribution in [0.25, 0.3) is 0 Å². The molecule has 2 saturated heterocycles. The topological polar surface area (TPSA) is 128 Å². The third-order valence-electron chi connectivity index (χ3n) is 9.46. The van der Waals surface area contributed by atoms with Crippen molar-refractivity contribution >= 4 is 35.3 Å². The van der Waals surface area contributed by atoms with Gasteiger partial charge < -0.3 is 35.2 Å². The molecule has 0 saturated carbocycles. The average Bonchev–Trinajstić information content (AvgIpc) is 3.67. The third kappa shape index (κ3) is 12.9. The van der Waals surface area contributed by atoms with Crippen molar-refractivity contribution in [2.24, 2.45) is 4.99 Å². The molecule has 3 aliphatic rings. The van der Waals surface area contributed by atoms with E-state index < -0.39 is 12.1 Å². The first-order valence-electron chi connectivity index (χ1n) is 17.9. The molecular formula is C37H53N7O5S. The van der Waals surface area contributed by atoms with Crippen molar-refractivity contribution in [1.29, 1.82) is 0 Å². The Balaban J connectivity index is 1.26. The summed E-state index contributed by atoms with van der Waals surface area (Å²) in [5.74, 6) is -0.190. The summed E-state index contributed by atoms with van der Waals surface area (Å²) in [4.78, 5) is 51.0. The number of nitrogens with zero attached hydrogens (tertiary/aromatic N) is 4. The quantitative estimate of drug-likeness (QED) is 0.243. The Morgan fingerprint density at radius 2 is 1.46 bits per heavy atom. The number of nitrogens with one attached hydrogen (secondary N) is 3. The number of carbonyl (C=O) groups is 3. The van der Waals surface area contributed by atoms with Crippen LogP contribution in [0.4, 0.5) is 9.59 Å².